The van der Waals surface area contributed by atoms with Gasteiger partial charge in [-0.3, -0.25) is 0 Å². The molecule has 0 saturated heterocycles. The predicted molar refractivity (Wildman–Crippen MR) is 52.8 cm³/mol. The average molecular weight is 235 g/mol. The SMILES string of the molecule is CC(C)Cc1nc(N)sc1Br. The minimum atomic E-state index is 0.632. The second kappa shape index (κ2) is 3.54. The number of hydrogen-bond donors (Lipinski definition) is 1. The fourth-order valence-electron chi connectivity index (χ4n) is 0.863. The van der Waals surface area contributed by atoms with Crippen molar-refractivity contribution in [3.63, 3.8) is 0 Å². The van der Waals surface area contributed by atoms with Gasteiger partial charge in [0.05, 0.1) is 9.48 Å². The summed E-state index contributed by atoms with van der Waals surface area (Å²) >= 11 is 4.92. The summed E-state index contributed by atoms with van der Waals surface area (Å²) in [6, 6.07) is 0. The molecule has 0 saturated carbocycles. The van der Waals surface area contributed by atoms with E-state index in [2.05, 4.69) is 34.8 Å². The summed E-state index contributed by atoms with van der Waals surface area (Å²) in [6.07, 6.45) is 0.994. The number of halogens is 1. The third kappa shape index (κ3) is 2.45. The van der Waals surface area contributed by atoms with Crippen molar-refractivity contribution >= 4 is 32.4 Å². The highest BCUT2D eigenvalue weighted by Crippen LogP contribution is 2.27. The van der Waals surface area contributed by atoms with Crippen LogP contribution in [-0.4, -0.2) is 4.98 Å². The van der Waals surface area contributed by atoms with Gasteiger partial charge in [-0.25, -0.2) is 4.98 Å². The van der Waals surface area contributed by atoms with E-state index in [0.29, 0.717) is 11.0 Å². The minimum absolute atomic E-state index is 0.632. The van der Waals surface area contributed by atoms with Crippen LogP contribution in [0, 0.1) is 5.92 Å². The summed E-state index contributed by atoms with van der Waals surface area (Å²) in [7, 11) is 0. The van der Waals surface area contributed by atoms with Gasteiger partial charge in [-0.1, -0.05) is 25.2 Å². The number of nitrogens with zero attached hydrogens (tertiary/aromatic N) is 1. The lowest BCUT2D eigenvalue weighted by Gasteiger charge is -1.99. The summed E-state index contributed by atoms with van der Waals surface area (Å²) in [5.41, 5.74) is 6.62. The van der Waals surface area contributed by atoms with Crippen LogP contribution in [0.3, 0.4) is 0 Å². The van der Waals surface area contributed by atoms with Crippen LogP contribution in [0.15, 0.2) is 3.79 Å². The van der Waals surface area contributed by atoms with Crippen molar-refractivity contribution in [2.24, 2.45) is 5.92 Å². The van der Waals surface area contributed by atoms with Gasteiger partial charge in [0.15, 0.2) is 5.13 Å². The third-order valence-electron chi connectivity index (χ3n) is 1.27. The Morgan fingerprint density at radius 3 is 2.64 bits per heavy atom. The lowest BCUT2D eigenvalue weighted by molar-refractivity contribution is 0.637. The second-order valence-corrected chi connectivity index (χ2v) is 5.22. The van der Waals surface area contributed by atoms with E-state index >= 15 is 0 Å². The molecule has 1 aromatic rings. The van der Waals surface area contributed by atoms with Crippen molar-refractivity contribution in [2.75, 3.05) is 5.73 Å². The second-order valence-electron chi connectivity index (χ2n) is 2.87. The summed E-state index contributed by atoms with van der Waals surface area (Å²) in [5.74, 6) is 0.632. The fraction of sp³-hybridized carbons (Fsp3) is 0.571. The van der Waals surface area contributed by atoms with Gasteiger partial charge in [0, 0.05) is 0 Å². The molecule has 0 aliphatic rings. The zero-order chi connectivity index (χ0) is 8.43. The van der Waals surface area contributed by atoms with E-state index in [0.717, 1.165) is 15.9 Å². The molecule has 4 heteroatoms. The van der Waals surface area contributed by atoms with Crippen LogP contribution < -0.4 is 5.73 Å². The predicted octanol–water partition coefficient (Wildman–Crippen LogP) is 2.69. The third-order valence-corrected chi connectivity index (χ3v) is 2.93. The van der Waals surface area contributed by atoms with Crippen molar-refractivity contribution < 1.29 is 0 Å². The highest BCUT2D eigenvalue weighted by Gasteiger charge is 2.07. The number of aromatic nitrogens is 1. The molecule has 1 heterocycles. The first-order chi connectivity index (χ1) is 5.09. The molecule has 1 rings (SSSR count). The van der Waals surface area contributed by atoms with Gasteiger partial charge in [-0.15, -0.1) is 0 Å². The summed E-state index contributed by atoms with van der Waals surface area (Å²) < 4.78 is 1.07. The van der Waals surface area contributed by atoms with E-state index in [1.54, 1.807) is 0 Å². The summed E-state index contributed by atoms with van der Waals surface area (Å²) in [6.45, 7) is 4.34. The first-order valence-corrected chi connectivity index (χ1v) is 5.11. The Labute approximate surface area is 79.0 Å². The molecule has 0 aliphatic carbocycles. The molecule has 0 spiro atoms. The molecule has 0 aliphatic heterocycles. The van der Waals surface area contributed by atoms with Gasteiger partial charge in [0.25, 0.3) is 0 Å². The lowest BCUT2D eigenvalue weighted by atomic mass is 10.1. The standard InChI is InChI=1S/C7H11BrN2S/c1-4(2)3-5-6(8)11-7(9)10-5/h4H,3H2,1-2H3,(H2,9,10). The van der Waals surface area contributed by atoms with Crippen LogP contribution in [0.1, 0.15) is 19.5 Å². The molecule has 0 aromatic carbocycles. The number of hydrogen-bond acceptors (Lipinski definition) is 3. The van der Waals surface area contributed by atoms with Crippen molar-refractivity contribution in [1.29, 1.82) is 0 Å². The Balaban J connectivity index is 2.77. The van der Waals surface area contributed by atoms with E-state index in [9.17, 15) is 0 Å². The Bertz CT molecular complexity index is 245. The van der Waals surface area contributed by atoms with Crippen LogP contribution in [0.2, 0.25) is 0 Å². The lowest BCUT2D eigenvalue weighted by Crippen LogP contribution is -1.95. The molecular formula is C7H11BrN2S. The summed E-state index contributed by atoms with van der Waals surface area (Å²) in [5, 5.41) is 0.646. The quantitative estimate of drug-likeness (QED) is 0.855. The first-order valence-electron chi connectivity index (χ1n) is 3.50. The van der Waals surface area contributed by atoms with Gasteiger partial charge < -0.3 is 5.73 Å². The van der Waals surface area contributed by atoms with Gasteiger partial charge >= 0.3 is 0 Å². The topological polar surface area (TPSA) is 38.9 Å². The van der Waals surface area contributed by atoms with Crippen LogP contribution >= 0.6 is 27.3 Å². The van der Waals surface area contributed by atoms with E-state index < -0.39 is 0 Å². The molecule has 2 nitrogen and oxygen atoms in total. The van der Waals surface area contributed by atoms with Gasteiger partial charge in [-0.2, -0.15) is 0 Å². The highest BCUT2D eigenvalue weighted by molar-refractivity contribution is 9.11. The molecular weight excluding hydrogens is 224 g/mol. The Morgan fingerprint density at radius 1 is 1.64 bits per heavy atom. The number of rotatable bonds is 2. The van der Waals surface area contributed by atoms with Crippen molar-refractivity contribution in [3.8, 4) is 0 Å². The molecule has 0 unspecified atom stereocenters. The van der Waals surface area contributed by atoms with Crippen molar-refractivity contribution in [1.82, 2.24) is 4.98 Å². The number of nitrogen functional groups attached to an aromatic ring is 1. The maximum Gasteiger partial charge on any atom is 0.181 e. The van der Waals surface area contributed by atoms with E-state index in [1.165, 1.54) is 11.3 Å². The Morgan fingerprint density at radius 2 is 2.27 bits per heavy atom. The first kappa shape index (κ1) is 9.00. The Kier molecular flexibility index (Phi) is 2.90. The fourth-order valence-corrected chi connectivity index (χ4v) is 2.20. The normalized spacial score (nSPS) is 10.9. The molecule has 62 valence electrons. The van der Waals surface area contributed by atoms with Gasteiger partial charge in [-0.05, 0) is 28.3 Å². The molecule has 2 N–H and O–H groups in total. The maximum absolute atomic E-state index is 5.53. The van der Waals surface area contributed by atoms with E-state index in [1.807, 2.05) is 0 Å². The summed E-state index contributed by atoms with van der Waals surface area (Å²) in [4.78, 5) is 4.20. The van der Waals surface area contributed by atoms with Crippen molar-refractivity contribution in [3.05, 3.63) is 9.48 Å². The average Bonchev–Trinajstić information content (AvgIpc) is 2.09. The van der Waals surface area contributed by atoms with E-state index in [4.69, 9.17) is 5.73 Å². The van der Waals surface area contributed by atoms with Crippen molar-refractivity contribution in [2.45, 2.75) is 20.3 Å². The molecule has 0 atom stereocenters. The molecule has 11 heavy (non-hydrogen) atoms. The molecule has 0 fully saturated rings. The van der Waals surface area contributed by atoms with Crippen LogP contribution in [0.4, 0.5) is 5.13 Å². The molecule has 0 radical (unpaired) electrons. The molecule has 0 bridgehead atoms. The number of thiazole rings is 1. The van der Waals surface area contributed by atoms with Crippen LogP contribution in [0.25, 0.3) is 0 Å². The largest absolute Gasteiger partial charge is 0.375 e. The smallest absolute Gasteiger partial charge is 0.181 e. The zero-order valence-electron chi connectivity index (χ0n) is 6.60. The Hall–Kier alpha value is -0.0900. The number of anilines is 1. The van der Waals surface area contributed by atoms with E-state index in [-0.39, 0.29) is 0 Å². The molecule has 1 aromatic heterocycles. The zero-order valence-corrected chi connectivity index (χ0v) is 9.00. The monoisotopic (exact) mass is 234 g/mol. The number of nitrogens with two attached hydrogens (primary N) is 1. The van der Waals surface area contributed by atoms with Gasteiger partial charge in [0.1, 0.15) is 0 Å². The maximum atomic E-state index is 5.53. The van der Waals surface area contributed by atoms with Crippen LogP contribution in [-0.2, 0) is 6.42 Å². The molecule has 0 amide bonds. The van der Waals surface area contributed by atoms with Gasteiger partial charge in [0.2, 0.25) is 0 Å². The highest BCUT2D eigenvalue weighted by atomic mass is 79.9. The minimum Gasteiger partial charge on any atom is -0.375 e. The van der Waals surface area contributed by atoms with Crippen LogP contribution in [0.5, 0.6) is 0 Å².